The lowest BCUT2D eigenvalue weighted by atomic mass is 10.2. The molecule has 0 spiro atoms. The van der Waals surface area contributed by atoms with E-state index in [0.717, 1.165) is 24.7 Å². The number of hydrogen-bond donors (Lipinski definition) is 1. The summed E-state index contributed by atoms with van der Waals surface area (Å²) in [6.07, 6.45) is 2.11. The van der Waals surface area contributed by atoms with Crippen molar-refractivity contribution in [3.63, 3.8) is 0 Å². The minimum Gasteiger partial charge on any atom is -0.383 e. The average molecular weight is 259 g/mol. The van der Waals surface area contributed by atoms with Gasteiger partial charge in [-0.1, -0.05) is 6.92 Å². The van der Waals surface area contributed by atoms with Crippen LogP contribution in [-0.2, 0) is 17.8 Å². The molecular weight excluding hydrogens is 238 g/mol. The zero-order valence-corrected chi connectivity index (χ0v) is 11.5. The SMILES string of the molecule is COCCNCc1nnnn1CC(C)CSC. The van der Waals surface area contributed by atoms with Gasteiger partial charge in [0, 0.05) is 20.2 Å². The lowest BCUT2D eigenvalue weighted by molar-refractivity contribution is 0.198. The van der Waals surface area contributed by atoms with Crippen LogP contribution in [-0.4, -0.2) is 52.5 Å². The maximum Gasteiger partial charge on any atom is 0.165 e. The molecule has 0 saturated heterocycles. The van der Waals surface area contributed by atoms with Gasteiger partial charge in [-0.25, -0.2) is 4.68 Å². The van der Waals surface area contributed by atoms with Crippen molar-refractivity contribution in [2.24, 2.45) is 5.92 Å². The monoisotopic (exact) mass is 259 g/mol. The number of hydrogen-bond acceptors (Lipinski definition) is 6. The molecule has 0 saturated carbocycles. The first-order chi connectivity index (χ1) is 8.27. The molecule has 98 valence electrons. The van der Waals surface area contributed by atoms with Gasteiger partial charge in [-0.05, 0) is 28.4 Å². The van der Waals surface area contributed by atoms with Crippen LogP contribution in [0.1, 0.15) is 12.7 Å². The first kappa shape index (κ1) is 14.4. The molecule has 1 heterocycles. The molecule has 1 aromatic rings. The Labute approximate surface area is 106 Å². The molecule has 7 heteroatoms. The molecule has 1 atom stereocenters. The van der Waals surface area contributed by atoms with Gasteiger partial charge >= 0.3 is 0 Å². The summed E-state index contributed by atoms with van der Waals surface area (Å²) < 4.78 is 6.84. The number of methoxy groups -OCH3 is 1. The molecule has 1 unspecified atom stereocenters. The van der Waals surface area contributed by atoms with Gasteiger partial charge in [-0.15, -0.1) is 5.10 Å². The predicted octanol–water partition coefficient (Wildman–Crippen LogP) is 0.408. The van der Waals surface area contributed by atoms with Crippen LogP contribution in [0.2, 0.25) is 0 Å². The van der Waals surface area contributed by atoms with E-state index in [-0.39, 0.29) is 0 Å². The molecule has 1 N–H and O–H groups in total. The maximum absolute atomic E-state index is 4.96. The third-order valence-corrected chi connectivity index (χ3v) is 3.21. The summed E-state index contributed by atoms with van der Waals surface area (Å²) in [5.74, 6) is 2.58. The summed E-state index contributed by atoms with van der Waals surface area (Å²) in [5, 5.41) is 15.0. The van der Waals surface area contributed by atoms with Gasteiger partial charge in [0.2, 0.25) is 0 Å². The molecule has 0 aliphatic carbocycles. The number of tetrazole rings is 1. The maximum atomic E-state index is 4.96. The van der Waals surface area contributed by atoms with Crippen LogP contribution in [0, 0.1) is 5.92 Å². The molecule has 0 aromatic carbocycles. The Bertz CT molecular complexity index is 307. The molecule has 6 nitrogen and oxygen atoms in total. The molecule has 0 fully saturated rings. The Morgan fingerprint density at radius 2 is 2.35 bits per heavy atom. The van der Waals surface area contributed by atoms with E-state index in [1.165, 1.54) is 0 Å². The second-order valence-electron chi connectivity index (χ2n) is 4.01. The molecule has 1 rings (SSSR count). The van der Waals surface area contributed by atoms with E-state index >= 15 is 0 Å². The van der Waals surface area contributed by atoms with Crippen LogP contribution in [0.25, 0.3) is 0 Å². The quantitative estimate of drug-likeness (QED) is 0.648. The zero-order chi connectivity index (χ0) is 12.5. The van der Waals surface area contributed by atoms with E-state index in [1.54, 1.807) is 7.11 Å². The highest BCUT2D eigenvalue weighted by Gasteiger charge is 2.09. The van der Waals surface area contributed by atoms with E-state index in [4.69, 9.17) is 4.74 Å². The lowest BCUT2D eigenvalue weighted by Gasteiger charge is -2.11. The van der Waals surface area contributed by atoms with Crippen molar-refractivity contribution in [3.8, 4) is 0 Å². The summed E-state index contributed by atoms with van der Waals surface area (Å²) in [6, 6.07) is 0. The van der Waals surface area contributed by atoms with E-state index in [0.29, 0.717) is 19.1 Å². The van der Waals surface area contributed by atoms with Gasteiger partial charge in [-0.2, -0.15) is 11.8 Å². The van der Waals surface area contributed by atoms with Crippen LogP contribution in [0.4, 0.5) is 0 Å². The summed E-state index contributed by atoms with van der Waals surface area (Å²) in [6.45, 7) is 5.27. The van der Waals surface area contributed by atoms with Crippen molar-refractivity contribution in [1.29, 1.82) is 0 Å². The van der Waals surface area contributed by atoms with Gasteiger partial charge in [0.05, 0.1) is 13.2 Å². The Hall–Kier alpha value is -0.660. The normalized spacial score (nSPS) is 12.9. The molecule has 0 aliphatic heterocycles. The second-order valence-corrected chi connectivity index (χ2v) is 4.92. The van der Waals surface area contributed by atoms with Gasteiger partial charge < -0.3 is 10.1 Å². The highest BCUT2D eigenvalue weighted by molar-refractivity contribution is 7.98. The molecular formula is C10H21N5OS. The summed E-state index contributed by atoms with van der Waals surface area (Å²) in [4.78, 5) is 0. The molecule has 0 radical (unpaired) electrons. The first-order valence-corrected chi connectivity index (χ1v) is 7.11. The van der Waals surface area contributed by atoms with Crippen molar-refractivity contribution >= 4 is 11.8 Å². The number of rotatable bonds is 9. The molecule has 0 aliphatic rings. The first-order valence-electron chi connectivity index (χ1n) is 5.71. The molecule has 0 amide bonds. The van der Waals surface area contributed by atoms with E-state index < -0.39 is 0 Å². The van der Waals surface area contributed by atoms with E-state index in [1.807, 2.05) is 16.4 Å². The minimum atomic E-state index is 0.575. The predicted molar refractivity (Wildman–Crippen MR) is 68.9 cm³/mol. The van der Waals surface area contributed by atoms with Crippen LogP contribution < -0.4 is 5.32 Å². The largest absolute Gasteiger partial charge is 0.383 e. The highest BCUT2D eigenvalue weighted by Crippen LogP contribution is 2.07. The lowest BCUT2D eigenvalue weighted by Crippen LogP contribution is -2.22. The Balaban J connectivity index is 2.37. The summed E-state index contributed by atoms with van der Waals surface area (Å²) in [7, 11) is 1.69. The Kier molecular flexibility index (Phi) is 7.14. The summed E-state index contributed by atoms with van der Waals surface area (Å²) >= 11 is 1.85. The van der Waals surface area contributed by atoms with Gasteiger partial charge in [0.15, 0.2) is 5.82 Å². The van der Waals surface area contributed by atoms with Crippen LogP contribution in [0.3, 0.4) is 0 Å². The fraction of sp³-hybridized carbons (Fsp3) is 0.900. The fourth-order valence-electron chi connectivity index (χ4n) is 1.50. The van der Waals surface area contributed by atoms with Crippen molar-refractivity contribution in [3.05, 3.63) is 5.82 Å². The number of aromatic nitrogens is 4. The number of nitrogens with one attached hydrogen (secondary N) is 1. The number of thioether (sulfide) groups is 1. The van der Waals surface area contributed by atoms with Gasteiger partial charge in [0.1, 0.15) is 0 Å². The molecule has 0 bridgehead atoms. The van der Waals surface area contributed by atoms with Crippen LogP contribution in [0.5, 0.6) is 0 Å². The van der Waals surface area contributed by atoms with Crippen molar-refractivity contribution in [2.75, 3.05) is 32.3 Å². The second kappa shape index (κ2) is 8.43. The standard InChI is InChI=1S/C10H21N5OS/c1-9(8-17-3)7-15-10(12-13-14-15)6-11-4-5-16-2/h9,11H,4-8H2,1-3H3. The minimum absolute atomic E-state index is 0.575. The topological polar surface area (TPSA) is 64.9 Å². The van der Waals surface area contributed by atoms with Gasteiger partial charge in [0.25, 0.3) is 0 Å². The Morgan fingerprint density at radius 1 is 1.53 bits per heavy atom. The smallest absolute Gasteiger partial charge is 0.165 e. The summed E-state index contributed by atoms with van der Waals surface area (Å²) in [5.41, 5.74) is 0. The number of ether oxygens (including phenoxy) is 1. The van der Waals surface area contributed by atoms with Crippen molar-refractivity contribution in [2.45, 2.75) is 20.0 Å². The zero-order valence-electron chi connectivity index (χ0n) is 10.7. The average Bonchev–Trinajstić information content (AvgIpc) is 2.72. The molecule has 1 aromatic heterocycles. The van der Waals surface area contributed by atoms with Gasteiger partial charge in [-0.3, -0.25) is 0 Å². The third-order valence-electron chi connectivity index (χ3n) is 2.31. The van der Waals surface area contributed by atoms with Crippen molar-refractivity contribution < 1.29 is 4.74 Å². The third kappa shape index (κ3) is 5.47. The van der Waals surface area contributed by atoms with E-state index in [2.05, 4.69) is 34.0 Å². The van der Waals surface area contributed by atoms with E-state index in [9.17, 15) is 0 Å². The van der Waals surface area contributed by atoms with Crippen molar-refractivity contribution in [1.82, 2.24) is 25.5 Å². The van der Waals surface area contributed by atoms with Crippen LogP contribution >= 0.6 is 11.8 Å². The highest BCUT2D eigenvalue weighted by atomic mass is 32.2. The number of nitrogens with zero attached hydrogens (tertiary/aromatic N) is 4. The van der Waals surface area contributed by atoms with Crippen LogP contribution in [0.15, 0.2) is 0 Å². The fourth-order valence-corrected chi connectivity index (χ4v) is 2.17. The Morgan fingerprint density at radius 3 is 3.06 bits per heavy atom. The molecule has 17 heavy (non-hydrogen) atoms.